The Labute approximate surface area is 187 Å². The van der Waals surface area contributed by atoms with Crippen molar-refractivity contribution in [2.24, 2.45) is 7.05 Å². The minimum absolute atomic E-state index is 0.733. The number of anilines is 3. The van der Waals surface area contributed by atoms with Gasteiger partial charge in [-0.1, -0.05) is 30.3 Å². The molecule has 0 amide bonds. The van der Waals surface area contributed by atoms with Crippen LogP contribution in [-0.4, -0.2) is 57.9 Å². The molecule has 1 N–H and O–H groups in total. The molecule has 164 valence electrons. The van der Waals surface area contributed by atoms with Crippen molar-refractivity contribution in [2.45, 2.75) is 6.54 Å². The van der Waals surface area contributed by atoms with Crippen molar-refractivity contribution in [2.75, 3.05) is 43.5 Å². The molecule has 8 nitrogen and oxygen atoms in total. The number of nitrogens with one attached hydrogen (secondary N) is 1. The molecule has 2 aromatic carbocycles. The van der Waals surface area contributed by atoms with Gasteiger partial charge >= 0.3 is 0 Å². The maximum Gasteiger partial charge on any atom is 0.229 e. The second-order valence-electron chi connectivity index (χ2n) is 7.98. The Kier molecular flexibility index (Phi) is 5.60. The summed E-state index contributed by atoms with van der Waals surface area (Å²) in [5, 5.41) is 8.73. The summed E-state index contributed by atoms with van der Waals surface area (Å²) >= 11 is 0. The molecular weight excluding hydrogens is 402 g/mol. The predicted molar refractivity (Wildman–Crippen MR) is 127 cm³/mol. The minimum atomic E-state index is 0.733. The van der Waals surface area contributed by atoms with Crippen LogP contribution in [0.4, 0.5) is 17.5 Å². The maximum absolute atomic E-state index is 5.26. The Morgan fingerprint density at radius 1 is 0.938 bits per heavy atom. The molecule has 0 unspecified atom stereocenters. The molecule has 0 spiro atoms. The van der Waals surface area contributed by atoms with Gasteiger partial charge in [0.1, 0.15) is 11.6 Å². The van der Waals surface area contributed by atoms with Crippen LogP contribution in [0.3, 0.4) is 0 Å². The number of hydrogen-bond acceptors (Lipinski definition) is 7. The third-order valence-corrected chi connectivity index (χ3v) is 5.84. The molecule has 8 heteroatoms. The van der Waals surface area contributed by atoms with Gasteiger partial charge in [0.25, 0.3) is 0 Å². The third kappa shape index (κ3) is 4.22. The Morgan fingerprint density at radius 2 is 1.69 bits per heavy atom. The topological polar surface area (TPSA) is 71.3 Å². The number of aryl methyl sites for hydroxylation is 1. The molecule has 1 aliphatic heterocycles. The standard InChI is InChI=1S/C24H27N7O/c1-29-23-21(16-25-29)22(26-19-8-10-20(32-2)11-9-19)27-24(28-23)31-14-12-30(13-15-31)17-18-6-4-3-5-7-18/h3-11,16H,12-15,17H2,1-2H3,(H,26,27,28). The number of aromatic nitrogens is 4. The van der Waals surface area contributed by atoms with E-state index in [0.717, 1.165) is 67.0 Å². The number of methoxy groups -OCH3 is 1. The Morgan fingerprint density at radius 3 is 2.41 bits per heavy atom. The quantitative estimate of drug-likeness (QED) is 0.503. The molecule has 3 heterocycles. The summed E-state index contributed by atoms with van der Waals surface area (Å²) in [5.41, 5.74) is 3.10. The number of ether oxygens (including phenoxy) is 1. The van der Waals surface area contributed by atoms with Gasteiger partial charge in [-0.25, -0.2) is 0 Å². The van der Waals surface area contributed by atoms with E-state index in [2.05, 4.69) is 50.5 Å². The molecule has 1 saturated heterocycles. The Bertz CT molecular complexity index is 1180. The van der Waals surface area contributed by atoms with E-state index in [-0.39, 0.29) is 0 Å². The lowest BCUT2D eigenvalue weighted by Crippen LogP contribution is -2.46. The highest BCUT2D eigenvalue weighted by atomic mass is 16.5. The van der Waals surface area contributed by atoms with Gasteiger partial charge in [-0.15, -0.1) is 0 Å². The second-order valence-corrected chi connectivity index (χ2v) is 7.98. The summed E-state index contributed by atoms with van der Waals surface area (Å²) in [5.74, 6) is 2.31. The number of rotatable bonds is 6. The van der Waals surface area contributed by atoms with Crippen LogP contribution < -0.4 is 15.0 Å². The highest BCUT2D eigenvalue weighted by Crippen LogP contribution is 2.27. The largest absolute Gasteiger partial charge is 0.497 e. The first-order valence-electron chi connectivity index (χ1n) is 10.8. The molecular formula is C24H27N7O. The number of hydrogen-bond donors (Lipinski definition) is 1. The molecule has 4 aromatic rings. The second kappa shape index (κ2) is 8.84. The van der Waals surface area contributed by atoms with Gasteiger partial charge in [0.15, 0.2) is 5.65 Å². The molecule has 2 aromatic heterocycles. The van der Waals surface area contributed by atoms with Crippen LogP contribution in [0.1, 0.15) is 5.56 Å². The van der Waals surface area contributed by atoms with Crippen LogP contribution in [0.15, 0.2) is 60.8 Å². The van der Waals surface area contributed by atoms with Gasteiger partial charge in [-0.05, 0) is 29.8 Å². The van der Waals surface area contributed by atoms with Gasteiger partial charge in [-0.2, -0.15) is 15.1 Å². The van der Waals surface area contributed by atoms with Crippen LogP contribution in [-0.2, 0) is 13.6 Å². The number of benzene rings is 2. The normalized spacial score (nSPS) is 14.6. The fraction of sp³-hybridized carbons (Fsp3) is 0.292. The van der Waals surface area contributed by atoms with Gasteiger partial charge in [0.2, 0.25) is 5.95 Å². The van der Waals surface area contributed by atoms with Gasteiger partial charge in [0.05, 0.1) is 18.7 Å². The molecule has 1 aliphatic rings. The van der Waals surface area contributed by atoms with Crippen LogP contribution >= 0.6 is 0 Å². The summed E-state index contributed by atoms with van der Waals surface area (Å²) in [4.78, 5) is 14.5. The lowest BCUT2D eigenvalue weighted by molar-refractivity contribution is 0.249. The zero-order valence-electron chi connectivity index (χ0n) is 18.4. The van der Waals surface area contributed by atoms with E-state index in [1.165, 1.54) is 5.56 Å². The van der Waals surface area contributed by atoms with Crippen molar-refractivity contribution in [3.05, 3.63) is 66.4 Å². The highest BCUT2D eigenvalue weighted by molar-refractivity contribution is 5.89. The first-order valence-corrected chi connectivity index (χ1v) is 10.8. The van der Waals surface area contributed by atoms with Crippen molar-refractivity contribution in [1.29, 1.82) is 0 Å². The van der Waals surface area contributed by atoms with Crippen LogP contribution in [0, 0.1) is 0 Å². The molecule has 0 bridgehead atoms. The smallest absolute Gasteiger partial charge is 0.229 e. The van der Waals surface area contributed by atoms with Crippen LogP contribution in [0.5, 0.6) is 5.75 Å². The number of nitrogens with zero attached hydrogens (tertiary/aromatic N) is 6. The maximum atomic E-state index is 5.26. The van der Waals surface area contributed by atoms with Gasteiger partial charge < -0.3 is 15.0 Å². The lowest BCUT2D eigenvalue weighted by Gasteiger charge is -2.34. The first-order chi connectivity index (χ1) is 15.7. The van der Waals surface area contributed by atoms with E-state index in [0.29, 0.717) is 0 Å². The Hall–Kier alpha value is -3.65. The fourth-order valence-electron chi connectivity index (χ4n) is 4.01. The monoisotopic (exact) mass is 429 g/mol. The third-order valence-electron chi connectivity index (χ3n) is 5.84. The van der Waals surface area contributed by atoms with E-state index in [9.17, 15) is 0 Å². The van der Waals surface area contributed by atoms with Crippen molar-refractivity contribution in [3.8, 4) is 5.75 Å². The van der Waals surface area contributed by atoms with E-state index in [1.54, 1.807) is 11.8 Å². The Balaban J connectivity index is 1.35. The van der Waals surface area contributed by atoms with E-state index in [1.807, 2.05) is 37.5 Å². The number of piperazine rings is 1. The molecule has 0 saturated carbocycles. The summed E-state index contributed by atoms with van der Waals surface area (Å²) in [6.07, 6.45) is 1.81. The minimum Gasteiger partial charge on any atom is -0.497 e. The average molecular weight is 430 g/mol. The molecule has 0 atom stereocenters. The molecule has 32 heavy (non-hydrogen) atoms. The summed E-state index contributed by atoms with van der Waals surface area (Å²) < 4.78 is 7.06. The first kappa shape index (κ1) is 20.3. The highest BCUT2D eigenvalue weighted by Gasteiger charge is 2.21. The van der Waals surface area contributed by atoms with Crippen molar-refractivity contribution >= 4 is 28.5 Å². The molecule has 0 radical (unpaired) electrons. The van der Waals surface area contributed by atoms with Gasteiger partial charge in [0, 0.05) is 45.5 Å². The summed E-state index contributed by atoms with van der Waals surface area (Å²) in [6.45, 7) is 4.70. The van der Waals surface area contributed by atoms with E-state index < -0.39 is 0 Å². The zero-order valence-corrected chi connectivity index (χ0v) is 18.4. The van der Waals surface area contributed by atoms with E-state index >= 15 is 0 Å². The summed E-state index contributed by atoms with van der Waals surface area (Å²) in [6, 6.07) is 18.4. The van der Waals surface area contributed by atoms with Crippen LogP contribution in [0.25, 0.3) is 11.0 Å². The average Bonchev–Trinajstić information content (AvgIpc) is 3.22. The van der Waals surface area contributed by atoms with Crippen molar-refractivity contribution < 1.29 is 4.74 Å². The molecule has 0 aliphatic carbocycles. The van der Waals surface area contributed by atoms with E-state index in [4.69, 9.17) is 14.7 Å². The zero-order chi connectivity index (χ0) is 21.9. The number of fused-ring (bicyclic) bond motifs is 1. The summed E-state index contributed by atoms with van der Waals surface area (Å²) in [7, 11) is 3.58. The van der Waals surface area contributed by atoms with Crippen molar-refractivity contribution in [1.82, 2.24) is 24.6 Å². The predicted octanol–water partition coefficient (Wildman–Crippen LogP) is 3.44. The molecule has 1 fully saturated rings. The lowest BCUT2D eigenvalue weighted by atomic mass is 10.2. The SMILES string of the molecule is COc1ccc(Nc2nc(N3CCN(Cc4ccccc4)CC3)nc3c2cnn3C)cc1. The molecule has 5 rings (SSSR count). The van der Waals surface area contributed by atoms with Gasteiger partial charge in [-0.3, -0.25) is 9.58 Å². The van der Waals surface area contributed by atoms with Crippen molar-refractivity contribution in [3.63, 3.8) is 0 Å². The van der Waals surface area contributed by atoms with Crippen LogP contribution in [0.2, 0.25) is 0 Å². The fourth-order valence-corrected chi connectivity index (χ4v) is 4.01.